The van der Waals surface area contributed by atoms with Gasteiger partial charge < -0.3 is 4.74 Å². The molecule has 0 saturated carbocycles. The molecule has 0 saturated heterocycles. The van der Waals surface area contributed by atoms with Crippen LogP contribution >= 0.6 is 11.6 Å². The third-order valence-corrected chi connectivity index (χ3v) is 3.60. The molecule has 3 heteroatoms. The Morgan fingerprint density at radius 2 is 2.25 bits per heavy atom. The first kappa shape index (κ1) is 13.6. The predicted octanol–water partition coefficient (Wildman–Crippen LogP) is 4.18. The topological polar surface area (TPSA) is 26.3 Å². The first-order valence-corrected chi connectivity index (χ1v) is 6.52. The van der Waals surface area contributed by atoms with Crippen LogP contribution in [0.1, 0.15) is 58.8 Å². The molecule has 0 aromatic carbocycles. The summed E-state index contributed by atoms with van der Waals surface area (Å²) in [6, 6.07) is 0. The number of hydrogen-bond acceptors (Lipinski definition) is 2. The lowest BCUT2D eigenvalue weighted by molar-refractivity contribution is -0.129. The number of carbonyl (C=O) groups is 1. The average Bonchev–Trinajstić information content (AvgIpc) is 2.27. The lowest BCUT2D eigenvalue weighted by Crippen LogP contribution is -2.34. The van der Waals surface area contributed by atoms with Gasteiger partial charge in [-0.25, -0.2) is 0 Å². The van der Waals surface area contributed by atoms with Crippen LogP contribution in [0.15, 0.2) is 11.8 Å². The van der Waals surface area contributed by atoms with E-state index < -0.39 is 5.06 Å². The van der Waals surface area contributed by atoms with Crippen molar-refractivity contribution in [3.05, 3.63) is 11.8 Å². The number of alkyl halides is 1. The van der Waals surface area contributed by atoms with E-state index in [9.17, 15) is 4.79 Å². The molecule has 0 aliphatic carbocycles. The SMILES string of the molecule is CCCCCCC1=COC(Cl)(C(C)=O)CC1. The molecule has 1 aliphatic rings. The number of hydrogen-bond donors (Lipinski definition) is 0. The molecular weight excluding hydrogens is 224 g/mol. The largest absolute Gasteiger partial charge is 0.472 e. The van der Waals surface area contributed by atoms with E-state index in [-0.39, 0.29) is 5.78 Å². The Kier molecular flexibility index (Phi) is 5.33. The van der Waals surface area contributed by atoms with Crippen LogP contribution in [0, 0.1) is 0 Å². The Morgan fingerprint density at radius 1 is 1.50 bits per heavy atom. The lowest BCUT2D eigenvalue weighted by atomic mass is 9.98. The number of ketones is 1. The smallest absolute Gasteiger partial charge is 0.239 e. The number of Topliss-reactive ketones (excluding diaryl/α,β-unsaturated/α-hetero) is 1. The molecule has 0 aromatic rings. The van der Waals surface area contributed by atoms with Crippen molar-refractivity contribution in [2.45, 2.75) is 63.9 Å². The summed E-state index contributed by atoms with van der Waals surface area (Å²) >= 11 is 6.04. The quantitative estimate of drug-likeness (QED) is 0.518. The first-order valence-electron chi connectivity index (χ1n) is 6.14. The van der Waals surface area contributed by atoms with Gasteiger partial charge in [-0.05, 0) is 31.8 Å². The highest BCUT2D eigenvalue weighted by Crippen LogP contribution is 2.33. The van der Waals surface area contributed by atoms with Gasteiger partial charge in [0.2, 0.25) is 5.06 Å². The van der Waals surface area contributed by atoms with Gasteiger partial charge in [0, 0.05) is 6.42 Å². The van der Waals surface area contributed by atoms with Crippen LogP contribution in [0.25, 0.3) is 0 Å². The summed E-state index contributed by atoms with van der Waals surface area (Å²) in [5.41, 5.74) is 1.29. The first-order chi connectivity index (χ1) is 7.58. The van der Waals surface area contributed by atoms with Gasteiger partial charge in [-0.15, -0.1) is 0 Å². The van der Waals surface area contributed by atoms with Crippen molar-refractivity contribution in [1.29, 1.82) is 0 Å². The summed E-state index contributed by atoms with van der Waals surface area (Å²) < 4.78 is 5.35. The van der Waals surface area contributed by atoms with Crippen LogP contribution in [-0.2, 0) is 9.53 Å². The van der Waals surface area contributed by atoms with Crippen LogP contribution in [-0.4, -0.2) is 10.8 Å². The highest BCUT2D eigenvalue weighted by atomic mass is 35.5. The fraction of sp³-hybridized carbons (Fsp3) is 0.769. The molecule has 0 bridgehead atoms. The molecule has 1 aliphatic heterocycles. The van der Waals surface area contributed by atoms with Crippen LogP contribution in [0.3, 0.4) is 0 Å². The second-order valence-electron chi connectivity index (χ2n) is 4.49. The maximum atomic E-state index is 11.2. The maximum Gasteiger partial charge on any atom is 0.239 e. The minimum atomic E-state index is -1.09. The third kappa shape index (κ3) is 3.82. The number of allylic oxidation sites excluding steroid dienone is 1. The van der Waals surface area contributed by atoms with Gasteiger partial charge in [0.25, 0.3) is 0 Å². The van der Waals surface area contributed by atoms with E-state index in [1.165, 1.54) is 38.2 Å². The van der Waals surface area contributed by atoms with E-state index in [1.807, 2.05) is 0 Å². The van der Waals surface area contributed by atoms with Gasteiger partial charge in [0.15, 0.2) is 5.78 Å². The second-order valence-corrected chi connectivity index (χ2v) is 5.10. The fourth-order valence-corrected chi connectivity index (χ4v) is 1.98. The second kappa shape index (κ2) is 6.29. The third-order valence-electron chi connectivity index (χ3n) is 3.06. The zero-order chi connectivity index (χ0) is 12.0. The number of rotatable bonds is 6. The van der Waals surface area contributed by atoms with Crippen molar-refractivity contribution >= 4 is 17.4 Å². The summed E-state index contributed by atoms with van der Waals surface area (Å²) in [4.78, 5) is 11.2. The zero-order valence-corrected chi connectivity index (χ0v) is 11.0. The van der Waals surface area contributed by atoms with Crippen LogP contribution in [0.5, 0.6) is 0 Å². The summed E-state index contributed by atoms with van der Waals surface area (Å²) in [5.74, 6) is -0.101. The lowest BCUT2D eigenvalue weighted by Gasteiger charge is -2.28. The molecule has 0 aromatic heterocycles. The summed E-state index contributed by atoms with van der Waals surface area (Å²) in [5, 5.41) is -1.09. The Bertz CT molecular complexity index is 273. The van der Waals surface area contributed by atoms with E-state index in [0.29, 0.717) is 6.42 Å². The van der Waals surface area contributed by atoms with Crippen molar-refractivity contribution in [3.63, 3.8) is 0 Å². The van der Waals surface area contributed by atoms with Gasteiger partial charge in [-0.1, -0.05) is 37.8 Å². The molecule has 0 radical (unpaired) electrons. The van der Waals surface area contributed by atoms with E-state index in [4.69, 9.17) is 16.3 Å². The molecule has 1 heterocycles. The molecule has 0 amide bonds. The summed E-state index contributed by atoms with van der Waals surface area (Å²) in [7, 11) is 0. The molecule has 1 rings (SSSR count). The van der Waals surface area contributed by atoms with Gasteiger partial charge in [-0.3, -0.25) is 4.79 Å². The van der Waals surface area contributed by atoms with E-state index in [0.717, 1.165) is 12.8 Å². The number of ether oxygens (including phenoxy) is 1. The number of halogens is 1. The number of unbranched alkanes of at least 4 members (excludes halogenated alkanes) is 3. The highest BCUT2D eigenvalue weighted by molar-refractivity contribution is 6.33. The molecule has 1 atom stereocenters. The minimum Gasteiger partial charge on any atom is -0.472 e. The maximum absolute atomic E-state index is 11.2. The Morgan fingerprint density at radius 3 is 2.75 bits per heavy atom. The Balaban J connectivity index is 2.32. The predicted molar refractivity (Wildman–Crippen MR) is 66.4 cm³/mol. The summed E-state index contributed by atoms with van der Waals surface area (Å²) in [6.07, 6.45) is 9.28. The molecule has 0 fully saturated rings. The Hall–Kier alpha value is -0.500. The normalized spacial score (nSPS) is 24.8. The molecule has 92 valence electrons. The molecule has 1 unspecified atom stereocenters. The van der Waals surface area contributed by atoms with Gasteiger partial charge in [0.1, 0.15) is 0 Å². The highest BCUT2D eigenvalue weighted by Gasteiger charge is 2.36. The monoisotopic (exact) mass is 244 g/mol. The van der Waals surface area contributed by atoms with Crippen molar-refractivity contribution in [1.82, 2.24) is 0 Å². The Labute approximate surface area is 103 Å². The van der Waals surface area contributed by atoms with Gasteiger partial charge in [-0.2, -0.15) is 0 Å². The van der Waals surface area contributed by atoms with Crippen molar-refractivity contribution in [2.75, 3.05) is 0 Å². The number of carbonyl (C=O) groups excluding carboxylic acids is 1. The minimum absolute atomic E-state index is 0.101. The summed E-state index contributed by atoms with van der Waals surface area (Å²) in [6.45, 7) is 3.69. The fourth-order valence-electron chi connectivity index (χ4n) is 1.84. The molecule has 16 heavy (non-hydrogen) atoms. The van der Waals surface area contributed by atoms with E-state index in [1.54, 1.807) is 6.26 Å². The molecule has 0 spiro atoms. The van der Waals surface area contributed by atoms with Crippen molar-refractivity contribution in [2.24, 2.45) is 0 Å². The van der Waals surface area contributed by atoms with Crippen LogP contribution in [0.2, 0.25) is 0 Å². The molecule has 0 N–H and O–H groups in total. The standard InChI is InChI=1S/C13H21ClO2/c1-3-4-5-6-7-12-8-9-13(14,11(2)15)16-10-12/h10H,3-9H2,1-2H3. The zero-order valence-electron chi connectivity index (χ0n) is 10.2. The van der Waals surface area contributed by atoms with Gasteiger partial charge in [0.05, 0.1) is 6.26 Å². The van der Waals surface area contributed by atoms with Crippen LogP contribution < -0.4 is 0 Å². The van der Waals surface area contributed by atoms with Crippen molar-refractivity contribution < 1.29 is 9.53 Å². The van der Waals surface area contributed by atoms with Crippen molar-refractivity contribution in [3.8, 4) is 0 Å². The molecular formula is C13H21ClO2. The van der Waals surface area contributed by atoms with E-state index in [2.05, 4.69) is 6.92 Å². The molecule has 2 nitrogen and oxygen atoms in total. The van der Waals surface area contributed by atoms with Gasteiger partial charge >= 0.3 is 0 Å². The van der Waals surface area contributed by atoms with Crippen LogP contribution in [0.4, 0.5) is 0 Å². The van der Waals surface area contributed by atoms with E-state index >= 15 is 0 Å². The average molecular weight is 245 g/mol.